The van der Waals surface area contributed by atoms with Gasteiger partial charge in [0.05, 0.1) is 11.4 Å². The van der Waals surface area contributed by atoms with Gasteiger partial charge >= 0.3 is 5.97 Å². The van der Waals surface area contributed by atoms with E-state index in [9.17, 15) is 4.79 Å². The Balaban J connectivity index is 2.03. The number of nitrogens with zero attached hydrogens (tertiary/aromatic N) is 3. The molecule has 0 spiro atoms. The summed E-state index contributed by atoms with van der Waals surface area (Å²) < 4.78 is 6.86. The van der Waals surface area contributed by atoms with E-state index in [4.69, 9.17) is 15.7 Å². The topological polar surface area (TPSA) is 103 Å². The van der Waals surface area contributed by atoms with Crippen molar-refractivity contribution in [1.29, 1.82) is 0 Å². The summed E-state index contributed by atoms with van der Waals surface area (Å²) in [5.74, 6) is 5.50. The number of carboxylic acids is 1. The minimum atomic E-state index is -0.906. The van der Waals surface area contributed by atoms with E-state index in [1.807, 2.05) is 0 Å². The van der Waals surface area contributed by atoms with E-state index in [1.165, 1.54) is 4.68 Å². The van der Waals surface area contributed by atoms with Gasteiger partial charge in [-0.3, -0.25) is 4.79 Å². The van der Waals surface area contributed by atoms with E-state index in [0.29, 0.717) is 17.4 Å². The van der Waals surface area contributed by atoms with Crippen LogP contribution in [-0.2, 0) is 16.0 Å². The second kappa shape index (κ2) is 5.15. The van der Waals surface area contributed by atoms with Gasteiger partial charge in [0, 0.05) is 13.5 Å². The summed E-state index contributed by atoms with van der Waals surface area (Å²) in [6.45, 7) is 0. The maximum atomic E-state index is 10.5. The lowest BCUT2D eigenvalue weighted by atomic mass is 9.77. The fraction of sp³-hybridized carbons (Fsp3) is 0.700. The van der Waals surface area contributed by atoms with E-state index in [1.54, 1.807) is 7.11 Å². The number of thioether (sulfide) groups is 1. The van der Waals surface area contributed by atoms with Crippen molar-refractivity contribution in [3.05, 3.63) is 5.82 Å². The predicted octanol–water partition coefficient (Wildman–Crippen LogP) is 0.280. The fourth-order valence-corrected chi connectivity index (χ4v) is 2.56. The quantitative estimate of drug-likeness (QED) is 0.566. The number of nitrogens with two attached hydrogens (primary N) is 1. The van der Waals surface area contributed by atoms with Crippen LogP contribution in [0.1, 0.15) is 25.1 Å². The lowest BCUT2D eigenvalue weighted by Gasteiger charge is -2.40. The van der Waals surface area contributed by atoms with Gasteiger partial charge in [-0.1, -0.05) is 11.8 Å². The molecule has 7 nitrogen and oxygen atoms in total. The first-order valence-electron chi connectivity index (χ1n) is 5.65. The van der Waals surface area contributed by atoms with Gasteiger partial charge in [-0.15, -0.1) is 10.2 Å². The first-order chi connectivity index (χ1) is 8.56. The number of carbonyl (C=O) groups is 1. The van der Waals surface area contributed by atoms with Crippen LogP contribution in [0.3, 0.4) is 0 Å². The number of ether oxygens (including phenoxy) is 1. The Morgan fingerprint density at radius 3 is 2.83 bits per heavy atom. The lowest BCUT2D eigenvalue weighted by Crippen LogP contribution is -2.42. The van der Waals surface area contributed by atoms with Crippen LogP contribution in [0.2, 0.25) is 0 Å². The number of rotatable bonds is 6. The highest BCUT2D eigenvalue weighted by atomic mass is 32.2. The van der Waals surface area contributed by atoms with Gasteiger partial charge in [0.15, 0.2) is 5.82 Å². The molecule has 100 valence electrons. The number of carboxylic acid groups (broad SMARTS) is 1. The van der Waals surface area contributed by atoms with Crippen LogP contribution in [0.15, 0.2) is 5.16 Å². The van der Waals surface area contributed by atoms with E-state index < -0.39 is 5.97 Å². The number of aromatic nitrogens is 3. The molecule has 1 aromatic rings. The Bertz CT molecular complexity index is 439. The second-order valence-corrected chi connectivity index (χ2v) is 5.31. The molecular weight excluding hydrogens is 256 g/mol. The van der Waals surface area contributed by atoms with Crippen molar-refractivity contribution >= 4 is 17.7 Å². The van der Waals surface area contributed by atoms with Crippen LogP contribution in [0.25, 0.3) is 0 Å². The number of hydrogen-bond acceptors (Lipinski definition) is 6. The van der Waals surface area contributed by atoms with E-state index in [2.05, 4.69) is 10.2 Å². The molecule has 3 N–H and O–H groups in total. The molecule has 1 aliphatic carbocycles. The summed E-state index contributed by atoms with van der Waals surface area (Å²) in [5, 5.41) is 16.9. The van der Waals surface area contributed by atoms with Crippen molar-refractivity contribution in [3.8, 4) is 0 Å². The summed E-state index contributed by atoms with van der Waals surface area (Å²) >= 11 is 1.06. The largest absolute Gasteiger partial charge is 0.481 e. The average Bonchev–Trinajstić information content (AvgIpc) is 2.62. The molecule has 0 amide bonds. The number of hydrogen-bond donors (Lipinski definition) is 2. The molecule has 1 saturated carbocycles. The van der Waals surface area contributed by atoms with Crippen molar-refractivity contribution in [2.24, 2.45) is 0 Å². The molecule has 0 saturated heterocycles. The number of nitrogen functional groups attached to an aromatic ring is 1. The van der Waals surface area contributed by atoms with Gasteiger partial charge in [-0.05, 0) is 19.3 Å². The Morgan fingerprint density at radius 1 is 1.61 bits per heavy atom. The average molecular weight is 272 g/mol. The van der Waals surface area contributed by atoms with Crippen LogP contribution < -0.4 is 5.84 Å². The minimum absolute atomic E-state index is 0.0786. The first-order valence-corrected chi connectivity index (χ1v) is 6.64. The zero-order chi connectivity index (χ0) is 13.2. The monoisotopic (exact) mass is 272 g/mol. The van der Waals surface area contributed by atoms with Gasteiger partial charge < -0.3 is 15.7 Å². The molecule has 1 aliphatic rings. The number of methoxy groups -OCH3 is 1. The summed E-state index contributed by atoms with van der Waals surface area (Å²) in [5.41, 5.74) is -0.168. The molecule has 0 bridgehead atoms. The molecular formula is C10H16N4O3S. The highest BCUT2D eigenvalue weighted by molar-refractivity contribution is 7.99. The van der Waals surface area contributed by atoms with E-state index >= 15 is 0 Å². The fourth-order valence-electron chi connectivity index (χ4n) is 1.96. The molecule has 18 heavy (non-hydrogen) atoms. The van der Waals surface area contributed by atoms with Crippen LogP contribution >= 0.6 is 11.8 Å². The molecule has 0 atom stereocenters. The van der Waals surface area contributed by atoms with Crippen molar-refractivity contribution in [1.82, 2.24) is 14.9 Å². The summed E-state index contributed by atoms with van der Waals surface area (Å²) in [6.07, 6.45) is 3.75. The lowest BCUT2D eigenvalue weighted by molar-refractivity contribution is -0.133. The van der Waals surface area contributed by atoms with Crippen molar-refractivity contribution in [2.45, 2.75) is 36.4 Å². The smallest absolute Gasteiger partial charge is 0.313 e. The van der Waals surface area contributed by atoms with Crippen LogP contribution in [-0.4, -0.2) is 44.4 Å². The molecule has 0 unspecified atom stereocenters. The van der Waals surface area contributed by atoms with Crippen LogP contribution in [0.4, 0.5) is 0 Å². The third-order valence-electron chi connectivity index (χ3n) is 3.24. The molecule has 0 aliphatic heterocycles. The third-order valence-corrected chi connectivity index (χ3v) is 4.17. The Labute approximate surface area is 109 Å². The Hall–Kier alpha value is -1.28. The predicted molar refractivity (Wildman–Crippen MR) is 65.8 cm³/mol. The zero-order valence-electron chi connectivity index (χ0n) is 10.1. The molecule has 1 aromatic heterocycles. The first kappa shape index (κ1) is 13.2. The van der Waals surface area contributed by atoms with Crippen molar-refractivity contribution in [3.63, 3.8) is 0 Å². The molecule has 0 radical (unpaired) electrons. The summed E-state index contributed by atoms with van der Waals surface area (Å²) in [6, 6.07) is 0. The highest BCUT2D eigenvalue weighted by Gasteiger charge is 2.38. The van der Waals surface area contributed by atoms with E-state index in [-0.39, 0.29) is 11.4 Å². The van der Waals surface area contributed by atoms with Crippen molar-refractivity contribution in [2.75, 3.05) is 18.7 Å². The molecule has 0 aromatic carbocycles. The van der Waals surface area contributed by atoms with Gasteiger partial charge in [-0.2, -0.15) is 0 Å². The van der Waals surface area contributed by atoms with Crippen LogP contribution in [0.5, 0.6) is 0 Å². The zero-order valence-corrected chi connectivity index (χ0v) is 10.9. The normalized spacial score (nSPS) is 17.4. The SMILES string of the molecule is COC1(Cc2nnc(SCC(=O)O)n2N)CCC1. The maximum Gasteiger partial charge on any atom is 0.313 e. The third kappa shape index (κ3) is 2.59. The van der Waals surface area contributed by atoms with Crippen LogP contribution in [0, 0.1) is 0 Å². The van der Waals surface area contributed by atoms with Crippen molar-refractivity contribution < 1.29 is 14.6 Å². The van der Waals surface area contributed by atoms with Gasteiger partial charge in [0.1, 0.15) is 0 Å². The molecule has 2 rings (SSSR count). The van der Waals surface area contributed by atoms with Gasteiger partial charge in [0.25, 0.3) is 0 Å². The number of aliphatic carboxylic acids is 1. The minimum Gasteiger partial charge on any atom is -0.481 e. The maximum absolute atomic E-state index is 10.5. The Kier molecular flexibility index (Phi) is 3.76. The molecule has 1 heterocycles. The van der Waals surface area contributed by atoms with Gasteiger partial charge in [-0.25, -0.2) is 4.68 Å². The summed E-state index contributed by atoms with van der Waals surface area (Å²) in [7, 11) is 1.69. The highest BCUT2D eigenvalue weighted by Crippen LogP contribution is 2.37. The molecule has 8 heteroatoms. The standard InChI is InChI=1S/C10H16N4O3S/c1-17-10(3-2-4-10)5-7-12-13-9(14(7)11)18-6-8(15)16/h2-6,11H2,1H3,(H,15,16). The second-order valence-electron chi connectivity index (χ2n) is 4.37. The van der Waals surface area contributed by atoms with Gasteiger partial charge in [0.2, 0.25) is 5.16 Å². The van der Waals surface area contributed by atoms with E-state index in [0.717, 1.165) is 31.0 Å². The summed E-state index contributed by atoms with van der Waals surface area (Å²) in [4.78, 5) is 10.5. The Morgan fingerprint density at radius 2 is 2.33 bits per heavy atom. The molecule has 1 fully saturated rings.